The van der Waals surface area contributed by atoms with Crippen LogP contribution in [0.15, 0.2) is 24.3 Å². The van der Waals surface area contributed by atoms with Crippen LogP contribution in [0.25, 0.3) is 0 Å². The normalized spacial score (nSPS) is 9.18. The Labute approximate surface area is 78.1 Å². The standard InChI is InChI=1S/C7H7IN2O/c8-7(11)10-6-4-2-1-3-5(6)9/h1-4H,9H2,(H,10,11). The fraction of sp³-hybridized carbons (Fsp3) is 0. The molecule has 11 heavy (non-hydrogen) atoms. The summed E-state index contributed by atoms with van der Waals surface area (Å²) < 4.78 is -0.138. The maximum absolute atomic E-state index is 10.6. The Kier molecular flexibility index (Phi) is 2.70. The van der Waals surface area contributed by atoms with E-state index in [-0.39, 0.29) is 3.91 Å². The van der Waals surface area contributed by atoms with Crippen LogP contribution in [0, 0.1) is 0 Å². The molecule has 0 radical (unpaired) electrons. The van der Waals surface area contributed by atoms with E-state index in [1.54, 1.807) is 34.7 Å². The van der Waals surface area contributed by atoms with E-state index in [0.717, 1.165) is 0 Å². The highest BCUT2D eigenvalue weighted by Crippen LogP contribution is 2.17. The number of halogens is 1. The van der Waals surface area contributed by atoms with Gasteiger partial charge in [0, 0.05) is 22.6 Å². The van der Waals surface area contributed by atoms with Crippen molar-refractivity contribution in [1.29, 1.82) is 0 Å². The van der Waals surface area contributed by atoms with Gasteiger partial charge >= 0.3 is 0 Å². The number of nitrogen functional groups attached to an aromatic ring is 1. The van der Waals surface area contributed by atoms with Crippen LogP contribution in [0.2, 0.25) is 0 Å². The zero-order chi connectivity index (χ0) is 8.27. The van der Waals surface area contributed by atoms with Gasteiger partial charge in [0.15, 0.2) is 0 Å². The minimum Gasteiger partial charge on any atom is -0.397 e. The summed E-state index contributed by atoms with van der Waals surface area (Å²) in [6.45, 7) is 0. The molecule has 0 aromatic heterocycles. The third kappa shape index (κ3) is 2.38. The van der Waals surface area contributed by atoms with Gasteiger partial charge in [-0.05, 0) is 12.1 Å². The lowest BCUT2D eigenvalue weighted by molar-refractivity contribution is 0.272. The number of carbonyl (C=O) groups excluding carboxylic acids is 1. The minimum absolute atomic E-state index is 0.138. The van der Waals surface area contributed by atoms with Gasteiger partial charge in [0.1, 0.15) is 0 Å². The van der Waals surface area contributed by atoms with Crippen molar-refractivity contribution in [2.24, 2.45) is 0 Å². The van der Waals surface area contributed by atoms with Crippen LogP contribution in [0.3, 0.4) is 0 Å². The van der Waals surface area contributed by atoms with Gasteiger partial charge in [-0.25, -0.2) is 0 Å². The fourth-order valence-corrected chi connectivity index (χ4v) is 1.01. The summed E-state index contributed by atoms with van der Waals surface area (Å²) >= 11 is 1.66. The lowest BCUT2D eigenvalue weighted by Gasteiger charge is -2.02. The molecule has 4 heteroatoms. The highest BCUT2D eigenvalue weighted by Gasteiger charge is 1.98. The Morgan fingerprint density at radius 1 is 1.45 bits per heavy atom. The quantitative estimate of drug-likeness (QED) is 0.353. The molecule has 0 fully saturated rings. The number of benzene rings is 1. The molecule has 0 saturated carbocycles. The third-order valence-corrected chi connectivity index (χ3v) is 1.46. The third-order valence-electron chi connectivity index (χ3n) is 1.19. The van der Waals surface area contributed by atoms with Gasteiger partial charge in [0.05, 0.1) is 11.4 Å². The molecule has 3 nitrogen and oxygen atoms in total. The van der Waals surface area contributed by atoms with Crippen molar-refractivity contribution >= 4 is 37.9 Å². The molecule has 3 N–H and O–H groups in total. The molecule has 58 valence electrons. The van der Waals surface area contributed by atoms with Crippen LogP contribution in [-0.2, 0) is 0 Å². The Balaban J connectivity index is 2.86. The Bertz CT molecular complexity index is 275. The first-order valence-corrected chi connectivity index (χ1v) is 4.09. The predicted octanol–water partition coefficient (Wildman–Crippen LogP) is 2.24. The largest absolute Gasteiger partial charge is 0.397 e. The predicted molar refractivity (Wildman–Crippen MR) is 53.9 cm³/mol. The van der Waals surface area contributed by atoms with Gasteiger partial charge in [-0.1, -0.05) is 12.1 Å². The first-order valence-electron chi connectivity index (χ1n) is 3.01. The van der Waals surface area contributed by atoms with E-state index < -0.39 is 0 Å². The van der Waals surface area contributed by atoms with E-state index in [0.29, 0.717) is 11.4 Å². The fourth-order valence-electron chi connectivity index (χ4n) is 0.717. The minimum atomic E-state index is -0.138. The molecule has 0 aliphatic carbocycles. The summed E-state index contributed by atoms with van der Waals surface area (Å²) in [5, 5.41) is 2.60. The average Bonchev–Trinajstić information content (AvgIpc) is 1.93. The number of amides is 1. The van der Waals surface area contributed by atoms with Gasteiger partial charge in [0.25, 0.3) is 3.91 Å². The molecule has 0 bridgehead atoms. The number of nitrogens with one attached hydrogen (secondary N) is 1. The van der Waals surface area contributed by atoms with E-state index in [9.17, 15) is 4.79 Å². The summed E-state index contributed by atoms with van der Waals surface area (Å²) in [6.07, 6.45) is 0. The molecule has 1 amide bonds. The Hall–Kier alpha value is -0.780. The van der Waals surface area contributed by atoms with Crippen LogP contribution < -0.4 is 11.1 Å². The van der Waals surface area contributed by atoms with Crippen molar-refractivity contribution in [3.8, 4) is 0 Å². The molecule has 0 aliphatic rings. The molecule has 0 saturated heterocycles. The van der Waals surface area contributed by atoms with E-state index in [2.05, 4.69) is 5.32 Å². The van der Waals surface area contributed by atoms with Gasteiger partial charge in [-0.3, -0.25) is 4.79 Å². The van der Waals surface area contributed by atoms with E-state index in [1.165, 1.54) is 0 Å². The van der Waals surface area contributed by atoms with Crippen molar-refractivity contribution in [2.75, 3.05) is 11.1 Å². The zero-order valence-corrected chi connectivity index (χ0v) is 7.83. The second-order valence-corrected chi connectivity index (χ2v) is 2.97. The molecule has 1 rings (SSSR count). The molecule has 1 aromatic carbocycles. The van der Waals surface area contributed by atoms with Crippen LogP contribution in [0.4, 0.5) is 16.2 Å². The molecular weight excluding hydrogens is 255 g/mol. The number of hydrogen-bond donors (Lipinski definition) is 2. The van der Waals surface area contributed by atoms with E-state index in [4.69, 9.17) is 5.73 Å². The maximum atomic E-state index is 10.6. The number of carbonyl (C=O) groups is 1. The topological polar surface area (TPSA) is 55.1 Å². The molecule has 1 aromatic rings. The van der Waals surface area contributed by atoms with Crippen LogP contribution in [0.1, 0.15) is 0 Å². The first-order chi connectivity index (χ1) is 5.20. The van der Waals surface area contributed by atoms with Crippen molar-refractivity contribution in [3.63, 3.8) is 0 Å². The SMILES string of the molecule is Nc1ccccc1NC(=O)I. The molecule has 0 aliphatic heterocycles. The van der Waals surface area contributed by atoms with Crippen molar-refractivity contribution < 1.29 is 4.79 Å². The Morgan fingerprint density at radius 3 is 2.64 bits per heavy atom. The summed E-state index contributed by atoms with van der Waals surface area (Å²) in [4.78, 5) is 10.6. The molecule has 0 unspecified atom stereocenters. The van der Waals surface area contributed by atoms with E-state index in [1.807, 2.05) is 12.1 Å². The van der Waals surface area contributed by atoms with Gasteiger partial charge in [0.2, 0.25) is 0 Å². The summed E-state index contributed by atoms with van der Waals surface area (Å²) in [6, 6.07) is 7.13. The van der Waals surface area contributed by atoms with Crippen LogP contribution in [-0.4, -0.2) is 3.91 Å². The molecular formula is C7H7IN2O. The number of anilines is 2. The monoisotopic (exact) mass is 262 g/mol. The summed E-state index contributed by atoms with van der Waals surface area (Å²) in [5.74, 6) is 0. The first kappa shape index (κ1) is 8.32. The molecule has 0 atom stereocenters. The van der Waals surface area contributed by atoms with Gasteiger partial charge in [-0.15, -0.1) is 0 Å². The van der Waals surface area contributed by atoms with Gasteiger partial charge < -0.3 is 11.1 Å². The number of nitrogens with two attached hydrogens (primary N) is 1. The molecule has 0 heterocycles. The smallest absolute Gasteiger partial charge is 0.285 e. The van der Waals surface area contributed by atoms with Crippen molar-refractivity contribution in [3.05, 3.63) is 24.3 Å². The second-order valence-electron chi connectivity index (χ2n) is 1.99. The number of hydrogen-bond acceptors (Lipinski definition) is 2. The lowest BCUT2D eigenvalue weighted by Crippen LogP contribution is -2.02. The average molecular weight is 262 g/mol. The zero-order valence-electron chi connectivity index (χ0n) is 5.67. The maximum Gasteiger partial charge on any atom is 0.285 e. The highest BCUT2D eigenvalue weighted by atomic mass is 127. The number of para-hydroxylation sites is 2. The summed E-state index contributed by atoms with van der Waals surface area (Å²) in [7, 11) is 0. The summed E-state index contributed by atoms with van der Waals surface area (Å²) in [5.41, 5.74) is 6.79. The molecule has 0 spiro atoms. The van der Waals surface area contributed by atoms with Crippen molar-refractivity contribution in [1.82, 2.24) is 0 Å². The second kappa shape index (κ2) is 3.56. The van der Waals surface area contributed by atoms with Crippen LogP contribution >= 0.6 is 22.6 Å². The Morgan fingerprint density at radius 2 is 2.09 bits per heavy atom. The lowest BCUT2D eigenvalue weighted by atomic mass is 10.3. The number of rotatable bonds is 1. The van der Waals surface area contributed by atoms with Crippen molar-refractivity contribution in [2.45, 2.75) is 0 Å². The highest BCUT2D eigenvalue weighted by molar-refractivity contribution is 14.1. The van der Waals surface area contributed by atoms with Crippen LogP contribution in [0.5, 0.6) is 0 Å². The van der Waals surface area contributed by atoms with E-state index >= 15 is 0 Å². The van der Waals surface area contributed by atoms with Gasteiger partial charge in [-0.2, -0.15) is 0 Å².